The van der Waals surface area contributed by atoms with Crippen molar-refractivity contribution in [2.24, 2.45) is 0 Å². The van der Waals surface area contributed by atoms with Crippen LogP contribution >= 0.6 is 0 Å². The van der Waals surface area contributed by atoms with Gasteiger partial charge in [-0.2, -0.15) is 0 Å². The fourth-order valence-electron chi connectivity index (χ4n) is 1.79. The average Bonchev–Trinajstić information content (AvgIpc) is 3.00. The Morgan fingerprint density at radius 1 is 1.25 bits per heavy atom. The lowest BCUT2D eigenvalue weighted by Crippen LogP contribution is -2.18. The quantitative estimate of drug-likeness (QED) is 0.818. The van der Waals surface area contributed by atoms with Crippen molar-refractivity contribution in [3.05, 3.63) is 22.8 Å². The molecule has 0 aliphatic heterocycles. The highest BCUT2D eigenvalue weighted by Crippen LogP contribution is 2.20. The standard InChI is InChI=1S/C12H19N3O/c1-8-11(6-13-10-4-5-10)9(2)15-12(14-8)7-16-3/h10,13H,4-7H2,1-3H3. The molecule has 0 bridgehead atoms. The van der Waals surface area contributed by atoms with E-state index in [1.54, 1.807) is 7.11 Å². The number of hydrogen-bond donors (Lipinski definition) is 1. The van der Waals surface area contributed by atoms with Gasteiger partial charge in [-0.25, -0.2) is 9.97 Å². The summed E-state index contributed by atoms with van der Waals surface area (Å²) in [5.41, 5.74) is 3.35. The van der Waals surface area contributed by atoms with E-state index in [0.717, 1.165) is 29.8 Å². The molecule has 1 aliphatic carbocycles. The van der Waals surface area contributed by atoms with Gasteiger partial charge < -0.3 is 10.1 Å². The number of nitrogens with one attached hydrogen (secondary N) is 1. The molecule has 0 spiro atoms. The Hall–Kier alpha value is -1.00. The van der Waals surface area contributed by atoms with Gasteiger partial charge in [-0.3, -0.25) is 0 Å². The number of hydrogen-bond acceptors (Lipinski definition) is 4. The molecule has 1 N–H and O–H groups in total. The summed E-state index contributed by atoms with van der Waals surface area (Å²) in [5.74, 6) is 0.771. The van der Waals surface area contributed by atoms with E-state index in [2.05, 4.69) is 15.3 Å². The van der Waals surface area contributed by atoms with Crippen molar-refractivity contribution in [2.75, 3.05) is 7.11 Å². The Morgan fingerprint density at radius 3 is 2.38 bits per heavy atom. The van der Waals surface area contributed by atoms with Crippen LogP contribution in [0.2, 0.25) is 0 Å². The minimum absolute atomic E-state index is 0.484. The van der Waals surface area contributed by atoms with Crippen LogP contribution in [0.25, 0.3) is 0 Å². The maximum Gasteiger partial charge on any atom is 0.154 e. The zero-order valence-corrected chi connectivity index (χ0v) is 10.2. The third-order valence-electron chi connectivity index (χ3n) is 2.89. The SMILES string of the molecule is COCc1nc(C)c(CNC2CC2)c(C)n1. The zero-order chi connectivity index (χ0) is 11.5. The maximum absolute atomic E-state index is 5.05. The second-order valence-electron chi connectivity index (χ2n) is 4.38. The van der Waals surface area contributed by atoms with E-state index in [9.17, 15) is 0 Å². The molecular weight excluding hydrogens is 202 g/mol. The van der Waals surface area contributed by atoms with Gasteiger partial charge in [0.25, 0.3) is 0 Å². The fourth-order valence-corrected chi connectivity index (χ4v) is 1.79. The van der Waals surface area contributed by atoms with E-state index in [4.69, 9.17) is 4.74 Å². The molecule has 88 valence electrons. The van der Waals surface area contributed by atoms with E-state index in [1.165, 1.54) is 18.4 Å². The minimum atomic E-state index is 0.484. The number of aromatic nitrogens is 2. The predicted molar refractivity (Wildman–Crippen MR) is 62.1 cm³/mol. The Kier molecular flexibility index (Phi) is 3.51. The van der Waals surface area contributed by atoms with Crippen molar-refractivity contribution in [3.63, 3.8) is 0 Å². The normalized spacial score (nSPS) is 15.4. The van der Waals surface area contributed by atoms with E-state index in [-0.39, 0.29) is 0 Å². The topological polar surface area (TPSA) is 47.0 Å². The van der Waals surface area contributed by atoms with Crippen LogP contribution in [-0.2, 0) is 17.9 Å². The predicted octanol–water partition coefficient (Wildman–Crippen LogP) is 1.49. The Morgan fingerprint density at radius 2 is 1.88 bits per heavy atom. The third-order valence-corrected chi connectivity index (χ3v) is 2.89. The fraction of sp³-hybridized carbons (Fsp3) is 0.667. The summed E-state index contributed by atoms with van der Waals surface area (Å²) in [7, 11) is 1.66. The van der Waals surface area contributed by atoms with Gasteiger partial charge in [-0.05, 0) is 26.7 Å². The molecule has 0 unspecified atom stereocenters. The van der Waals surface area contributed by atoms with E-state index >= 15 is 0 Å². The second-order valence-corrected chi connectivity index (χ2v) is 4.38. The van der Waals surface area contributed by atoms with Crippen LogP contribution in [0.4, 0.5) is 0 Å². The van der Waals surface area contributed by atoms with Crippen LogP contribution in [0.1, 0.15) is 35.6 Å². The van der Waals surface area contributed by atoms with Gasteiger partial charge in [-0.15, -0.1) is 0 Å². The first-order chi connectivity index (χ1) is 7.70. The van der Waals surface area contributed by atoms with Crippen molar-refractivity contribution in [2.45, 2.75) is 45.9 Å². The molecule has 1 aromatic heterocycles. The molecule has 0 radical (unpaired) electrons. The first-order valence-corrected chi connectivity index (χ1v) is 5.76. The summed E-state index contributed by atoms with van der Waals surface area (Å²) in [6.45, 7) is 5.45. The Bertz CT molecular complexity index is 352. The van der Waals surface area contributed by atoms with Gasteiger partial charge in [0.05, 0.1) is 0 Å². The zero-order valence-electron chi connectivity index (χ0n) is 10.2. The monoisotopic (exact) mass is 221 g/mol. The molecule has 1 aromatic rings. The summed E-state index contributed by atoms with van der Waals surface area (Å²) in [4.78, 5) is 8.89. The van der Waals surface area contributed by atoms with Crippen molar-refractivity contribution in [1.29, 1.82) is 0 Å². The largest absolute Gasteiger partial charge is 0.377 e. The average molecular weight is 221 g/mol. The molecule has 4 nitrogen and oxygen atoms in total. The smallest absolute Gasteiger partial charge is 0.154 e. The Balaban J connectivity index is 2.10. The van der Waals surface area contributed by atoms with E-state index in [1.807, 2.05) is 13.8 Å². The summed E-state index contributed by atoms with van der Waals surface area (Å²) in [6, 6.07) is 0.720. The van der Waals surface area contributed by atoms with Crippen LogP contribution in [0.15, 0.2) is 0 Å². The van der Waals surface area contributed by atoms with Crippen LogP contribution in [0.3, 0.4) is 0 Å². The van der Waals surface area contributed by atoms with Crippen LogP contribution in [0.5, 0.6) is 0 Å². The van der Waals surface area contributed by atoms with Crippen LogP contribution in [-0.4, -0.2) is 23.1 Å². The summed E-state index contributed by atoms with van der Waals surface area (Å²) in [5, 5.41) is 3.49. The van der Waals surface area contributed by atoms with Crippen molar-refractivity contribution < 1.29 is 4.74 Å². The molecule has 2 rings (SSSR count). The lowest BCUT2D eigenvalue weighted by molar-refractivity contribution is 0.177. The van der Waals surface area contributed by atoms with Gasteiger partial charge in [0.1, 0.15) is 6.61 Å². The first kappa shape index (κ1) is 11.5. The lowest BCUT2D eigenvalue weighted by Gasteiger charge is -2.11. The number of methoxy groups -OCH3 is 1. The number of ether oxygens (including phenoxy) is 1. The summed E-state index contributed by atoms with van der Waals surface area (Å²) >= 11 is 0. The lowest BCUT2D eigenvalue weighted by atomic mass is 10.1. The van der Waals surface area contributed by atoms with Gasteiger partial charge in [0, 0.05) is 36.6 Å². The highest BCUT2D eigenvalue weighted by atomic mass is 16.5. The van der Waals surface area contributed by atoms with Crippen molar-refractivity contribution in [3.8, 4) is 0 Å². The molecule has 1 aliphatic rings. The minimum Gasteiger partial charge on any atom is -0.377 e. The first-order valence-electron chi connectivity index (χ1n) is 5.76. The van der Waals surface area contributed by atoms with Gasteiger partial charge >= 0.3 is 0 Å². The molecule has 0 saturated heterocycles. The van der Waals surface area contributed by atoms with Gasteiger partial charge in [0.2, 0.25) is 0 Å². The molecule has 0 atom stereocenters. The Labute approximate surface area is 96.4 Å². The molecule has 4 heteroatoms. The number of rotatable bonds is 5. The van der Waals surface area contributed by atoms with Crippen molar-refractivity contribution in [1.82, 2.24) is 15.3 Å². The highest BCUT2D eigenvalue weighted by molar-refractivity contribution is 5.24. The van der Waals surface area contributed by atoms with Gasteiger partial charge in [-0.1, -0.05) is 0 Å². The van der Waals surface area contributed by atoms with Gasteiger partial charge in [0.15, 0.2) is 5.82 Å². The van der Waals surface area contributed by atoms with Crippen molar-refractivity contribution >= 4 is 0 Å². The van der Waals surface area contributed by atoms with Crippen LogP contribution in [0, 0.1) is 13.8 Å². The molecule has 0 aromatic carbocycles. The maximum atomic E-state index is 5.05. The molecule has 0 amide bonds. The molecule has 1 heterocycles. The summed E-state index contributed by atoms with van der Waals surface area (Å²) < 4.78 is 5.05. The third kappa shape index (κ3) is 2.77. The molecular formula is C12H19N3O. The summed E-state index contributed by atoms with van der Waals surface area (Å²) in [6.07, 6.45) is 2.61. The number of nitrogens with zero attached hydrogens (tertiary/aromatic N) is 2. The van der Waals surface area contributed by atoms with E-state index < -0.39 is 0 Å². The number of aryl methyl sites for hydroxylation is 2. The highest BCUT2D eigenvalue weighted by Gasteiger charge is 2.21. The molecule has 16 heavy (non-hydrogen) atoms. The van der Waals surface area contributed by atoms with Crippen LogP contribution < -0.4 is 5.32 Å². The molecule has 1 fully saturated rings. The van der Waals surface area contributed by atoms with E-state index in [0.29, 0.717) is 6.61 Å². The molecule has 1 saturated carbocycles. The second kappa shape index (κ2) is 4.89.